The van der Waals surface area contributed by atoms with Crippen molar-refractivity contribution in [3.8, 4) is 5.75 Å². The maximum absolute atomic E-state index is 10.4. The van der Waals surface area contributed by atoms with Crippen LogP contribution in [0.3, 0.4) is 0 Å². The van der Waals surface area contributed by atoms with E-state index in [0.29, 0.717) is 6.42 Å². The Hall–Kier alpha value is -1.51. The average Bonchev–Trinajstić information content (AvgIpc) is 3.09. The Balaban J connectivity index is 1.80. The molecular formula is C13H16O3. The second-order valence-corrected chi connectivity index (χ2v) is 4.29. The lowest BCUT2D eigenvalue weighted by Crippen LogP contribution is -2.00. The van der Waals surface area contributed by atoms with E-state index in [1.54, 1.807) is 0 Å². The summed E-state index contributed by atoms with van der Waals surface area (Å²) in [6.07, 6.45) is 3.34. The first kappa shape index (κ1) is 11.0. The van der Waals surface area contributed by atoms with Crippen molar-refractivity contribution in [1.29, 1.82) is 0 Å². The standard InChI is InChI=1S/C13H16O3/c14-13(15)8-5-10-3-6-12(7-4-10)16-9-11-1-2-11/h3-4,6-7,11H,1-2,5,8-9H2,(H,14,15). The van der Waals surface area contributed by atoms with Gasteiger partial charge in [0.2, 0.25) is 0 Å². The predicted octanol–water partition coefficient (Wildman–Crippen LogP) is 2.49. The van der Waals surface area contributed by atoms with Crippen LogP contribution >= 0.6 is 0 Å². The Labute approximate surface area is 95.0 Å². The predicted molar refractivity (Wildman–Crippen MR) is 60.6 cm³/mol. The molecule has 3 nitrogen and oxygen atoms in total. The van der Waals surface area contributed by atoms with Gasteiger partial charge in [-0.25, -0.2) is 0 Å². The fourth-order valence-electron chi connectivity index (χ4n) is 1.50. The summed E-state index contributed by atoms with van der Waals surface area (Å²) in [5.74, 6) is 0.881. The van der Waals surface area contributed by atoms with Gasteiger partial charge < -0.3 is 9.84 Å². The second kappa shape index (κ2) is 5.01. The van der Waals surface area contributed by atoms with Gasteiger partial charge in [-0.05, 0) is 42.9 Å². The Morgan fingerprint density at radius 2 is 2.00 bits per heavy atom. The number of carboxylic acids is 1. The van der Waals surface area contributed by atoms with Crippen LogP contribution in [-0.4, -0.2) is 17.7 Å². The third-order valence-corrected chi connectivity index (χ3v) is 2.73. The molecule has 0 amide bonds. The summed E-state index contributed by atoms with van der Waals surface area (Å²) in [5.41, 5.74) is 1.04. The number of benzene rings is 1. The minimum atomic E-state index is -0.756. The second-order valence-electron chi connectivity index (χ2n) is 4.29. The molecule has 1 aliphatic carbocycles. The first-order valence-corrected chi connectivity index (χ1v) is 5.67. The van der Waals surface area contributed by atoms with Gasteiger partial charge in [-0.15, -0.1) is 0 Å². The highest BCUT2D eigenvalue weighted by molar-refractivity contribution is 5.67. The molecule has 0 saturated heterocycles. The van der Waals surface area contributed by atoms with Crippen LogP contribution < -0.4 is 4.74 Å². The molecule has 1 fully saturated rings. The van der Waals surface area contributed by atoms with Gasteiger partial charge in [0, 0.05) is 6.42 Å². The Morgan fingerprint density at radius 3 is 2.56 bits per heavy atom. The molecule has 0 aromatic heterocycles. The normalized spacial score (nSPS) is 14.8. The van der Waals surface area contributed by atoms with Crippen molar-refractivity contribution < 1.29 is 14.6 Å². The van der Waals surface area contributed by atoms with Crippen LogP contribution in [0.15, 0.2) is 24.3 Å². The smallest absolute Gasteiger partial charge is 0.303 e. The number of hydrogen-bond acceptors (Lipinski definition) is 2. The summed E-state index contributed by atoms with van der Waals surface area (Å²) in [6, 6.07) is 7.70. The number of aliphatic carboxylic acids is 1. The molecule has 1 aromatic rings. The fraction of sp³-hybridized carbons (Fsp3) is 0.462. The molecule has 86 valence electrons. The van der Waals surface area contributed by atoms with Crippen molar-refractivity contribution in [3.63, 3.8) is 0 Å². The van der Waals surface area contributed by atoms with Crippen LogP contribution in [0, 0.1) is 5.92 Å². The molecule has 0 unspecified atom stereocenters. The molecule has 0 radical (unpaired) electrons. The van der Waals surface area contributed by atoms with Crippen molar-refractivity contribution in [2.45, 2.75) is 25.7 Å². The van der Waals surface area contributed by atoms with Crippen molar-refractivity contribution >= 4 is 5.97 Å². The summed E-state index contributed by atoms with van der Waals surface area (Å²) in [4.78, 5) is 10.4. The summed E-state index contributed by atoms with van der Waals surface area (Å²) in [6.45, 7) is 0.814. The van der Waals surface area contributed by atoms with E-state index < -0.39 is 5.97 Å². The maximum atomic E-state index is 10.4. The zero-order valence-electron chi connectivity index (χ0n) is 9.19. The van der Waals surface area contributed by atoms with Gasteiger partial charge in [0.05, 0.1) is 6.61 Å². The quantitative estimate of drug-likeness (QED) is 0.801. The number of aryl methyl sites for hydroxylation is 1. The molecule has 1 aliphatic rings. The van der Waals surface area contributed by atoms with Crippen LogP contribution in [-0.2, 0) is 11.2 Å². The van der Waals surface area contributed by atoms with Gasteiger partial charge in [0.25, 0.3) is 0 Å². The number of ether oxygens (including phenoxy) is 1. The van der Waals surface area contributed by atoms with E-state index in [4.69, 9.17) is 9.84 Å². The molecule has 1 aromatic carbocycles. The molecule has 0 spiro atoms. The number of rotatable bonds is 6. The topological polar surface area (TPSA) is 46.5 Å². The Morgan fingerprint density at radius 1 is 1.31 bits per heavy atom. The highest BCUT2D eigenvalue weighted by Crippen LogP contribution is 2.29. The summed E-state index contributed by atoms with van der Waals surface area (Å²) in [7, 11) is 0. The lowest BCUT2D eigenvalue weighted by Gasteiger charge is -2.05. The van der Waals surface area contributed by atoms with E-state index in [-0.39, 0.29) is 6.42 Å². The van der Waals surface area contributed by atoms with Crippen molar-refractivity contribution in [3.05, 3.63) is 29.8 Å². The molecule has 0 heterocycles. The zero-order valence-corrected chi connectivity index (χ0v) is 9.19. The van der Waals surface area contributed by atoms with Crippen LogP contribution in [0.1, 0.15) is 24.8 Å². The van der Waals surface area contributed by atoms with Crippen molar-refractivity contribution in [2.24, 2.45) is 5.92 Å². The van der Waals surface area contributed by atoms with E-state index in [9.17, 15) is 4.79 Å². The first-order valence-electron chi connectivity index (χ1n) is 5.67. The SMILES string of the molecule is O=C(O)CCc1ccc(OCC2CC2)cc1. The van der Waals surface area contributed by atoms with Gasteiger partial charge in [-0.1, -0.05) is 12.1 Å². The molecule has 0 aliphatic heterocycles. The van der Waals surface area contributed by atoms with Crippen LogP contribution in [0.4, 0.5) is 0 Å². The molecule has 0 atom stereocenters. The fourth-order valence-corrected chi connectivity index (χ4v) is 1.50. The Kier molecular flexibility index (Phi) is 3.44. The number of hydrogen-bond donors (Lipinski definition) is 1. The van der Waals surface area contributed by atoms with Crippen LogP contribution in [0.25, 0.3) is 0 Å². The Bertz CT molecular complexity index is 352. The molecule has 0 bridgehead atoms. The van der Waals surface area contributed by atoms with E-state index in [0.717, 1.165) is 23.8 Å². The van der Waals surface area contributed by atoms with Crippen LogP contribution in [0.2, 0.25) is 0 Å². The van der Waals surface area contributed by atoms with E-state index in [1.165, 1.54) is 12.8 Å². The number of carboxylic acid groups (broad SMARTS) is 1. The average molecular weight is 220 g/mol. The molecule has 16 heavy (non-hydrogen) atoms. The molecule has 3 heteroatoms. The molecule has 2 rings (SSSR count). The number of carbonyl (C=O) groups is 1. The van der Waals surface area contributed by atoms with E-state index >= 15 is 0 Å². The molecule has 1 N–H and O–H groups in total. The third kappa shape index (κ3) is 3.57. The minimum Gasteiger partial charge on any atom is -0.493 e. The van der Waals surface area contributed by atoms with E-state index in [1.807, 2.05) is 24.3 Å². The zero-order chi connectivity index (χ0) is 11.4. The highest BCUT2D eigenvalue weighted by Gasteiger charge is 2.21. The van der Waals surface area contributed by atoms with Gasteiger partial charge in [0.1, 0.15) is 5.75 Å². The van der Waals surface area contributed by atoms with Crippen molar-refractivity contribution in [2.75, 3.05) is 6.61 Å². The largest absolute Gasteiger partial charge is 0.493 e. The van der Waals surface area contributed by atoms with Gasteiger partial charge >= 0.3 is 5.97 Å². The maximum Gasteiger partial charge on any atom is 0.303 e. The summed E-state index contributed by atoms with van der Waals surface area (Å²) in [5, 5.41) is 8.56. The lowest BCUT2D eigenvalue weighted by atomic mass is 10.1. The summed E-state index contributed by atoms with van der Waals surface area (Å²) < 4.78 is 5.59. The monoisotopic (exact) mass is 220 g/mol. The van der Waals surface area contributed by atoms with Gasteiger partial charge in [-0.2, -0.15) is 0 Å². The van der Waals surface area contributed by atoms with E-state index in [2.05, 4.69) is 0 Å². The third-order valence-electron chi connectivity index (χ3n) is 2.73. The summed E-state index contributed by atoms with van der Waals surface area (Å²) >= 11 is 0. The highest BCUT2D eigenvalue weighted by atomic mass is 16.5. The lowest BCUT2D eigenvalue weighted by molar-refractivity contribution is -0.136. The first-order chi connectivity index (χ1) is 7.74. The van der Waals surface area contributed by atoms with Gasteiger partial charge in [0.15, 0.2) is 0 Å². The molecular weight excluding hydrogens is 204 g/mol. The van der Waals surface area contributed by atoms with Crippen molar-refractivity contribution in [1.82, 2.24) is 0 Å². The minimum absolute atomic E-state index is 0.183. The molecule has 1 saturated carbocycles. The van der Waals surface area contributed by atoms with Gasteiger partial charge in [-0.3, -0.25) is 4.79 Å². The van der Waals surface area contributed by atoms with Crippen LogP contribution in [0.5, 0.6) is 5.75 Å².